The third-order valence-corrected chi connectivity index (χ3v) is 7.43. The highest BCUT2D eigenvalue weighted by Gasteiger charge is 2.39. The van der Waals surface area contributed by atoms with Gasteiger partial charge in [-0.15, -0.1) is 0 Å². The first-order chi connectivity index (χ1) is 20.0. The van der Waals surface area contributed by atoms with Gasteiger partial charge in [0.15, 0.2) is 11.4 Å². The molecular weight excluding hydrogens is 634 g/mol. The molecule has 2 aromatic rings. The van der Waals surface area contributed by atoms with Crippen molar-refractivity contribution in [1.29, 1.82) is 0 Å². The van der Waals surface area contributed by atoms with Crippen LogP contribution in [-0.4, -0.2) is 65.3 Å². The van der Waals surface area contributed by atoms with Crippen LogP contribution in [-0.2, 0) is 28.8 Å². The van der Waals surface area contributed by atoms with E-state index in [1.165, 1.54) is 38.1 Å². The molecule has 10 nitrogen and oxygen atoms in total. The molecule has 0 fully saturated rings. The Morgan fingerprint density at radius 1 is 0.628 bits per heavy atom. The van der Waals surface area contributed by atoms with Crippen molar-refractivity contribution in [2.45, 2.75) is 45.5 Å². The molecule has 0 amide bonds. The van der Waals surface area contributed by atoms with Gasteiger partial charge < -0.3 is 9.47 Å². The highest BCUT2D eigenvalue weighted by atomic mass is 32.2. The van der Waals surface area contributed by atoms with Crippen molar-refractivity contribution in [3.8, 4) is 11.5 Å². The number of alkyl halides is 6. The Labute approximate surface area is 244 Å². The van der Waals surface area contributed by atoms with E-state index in [4.69, 9.17) is 9.47 Å². The fraction of sp³-hybridized carbons (Fsp3) is 0.440. The topological polar surface area (TPSA) is 130 Å². The number of hydrogen-bond donors (Lipinski definition) is 0. The Morgan fingerprint density at radius 2 is 0.953 bits per heavy atom. The number of nitrogens with zero attached hydrogens (tertiary/aromatic N) is 2. The minimum absolute atomic E-state index is 0.0600. The van der Waals surface area contributed by atoms with Gasteiger partial charge in [0.05, 0.1) is 24.7 Å². The summed E-state index contributed by atoms with van der Waals surface area (Å²) in [5.41, 5.74) is -3.99. The molecule has 2 aromatic carbocycles. The second-order valence-electron chi connectivity index (χ2n) is 8.65. The maximum atomic E-state index is 13.4. The highest BCUT2D eigenvalue weighted by molar-refractivity contribution is 7.86. The van der Waals surface area contributed by atoms with E-state index in [1.807, 2.05) is 0 Å². The fourth-order valence-electron chi connectivity index (χ4n) is 3.16. The predicted octanol–water partition coefficient (Wildman–Crippen LogP) is 5.58. The molecule has 240 valence electrons. The van der Waals surface area contributed by atoms with E-state index in [2.05, 4.69) is 18.9 Å². The van der Waals surface area contributed by atoms with Gasteiger partial charge in [-0.2, -0.15) is 43.2 Å². The van der Waals surface area contributed by atoms with Gasteiger partial charge in [0.1, 0.15) is 11.5 Å². The lowest BCUT2D eigenvalue weighted by atomic mass is 10.1. The van der Waals surface area contributed by atoms with Gasteiger partial charge >= 0.3 is 32.6 Å². The van der Waals surface area contributed by atoms with E-state index in [-0.39, 0.29) is 44.0 Å². The molecule has 0 aliphatic rings. The summed E-state index contributed by atoms with van der Waals surface area (Å²) in [4.78, 5) is 0. The number of benzene rings is 2. The summed E-state index contributed by atoms with van der Waals surface area (Å²) in [5.74, 6) is -0.618. The standard InChI is InChI=1S/C25H28F6N2O8S2/c1-3-16-42(34,35)40-32-22(24(26,27)28)18-6-10-20(11-7-18)38-14-5-15-39-21-12-8-19(9-13-21)23(25(29,30)31)33-41-43(36,37)17-4-2/h6-13H,3-5,14-17H2,1-2H3/b32-22+,33-23+. The monoisotopic (exact) mass is 662 g/mol. The van der Waals surface area contributed by atoms with Crippen molar-refractivity contribution in [2.24, 2.45) is 10.3 Å². The van der Waals surface area contributed by atoms with Gasteiger partial charge in [0.25, 0.3) is 0 Å². The molecule has 0 radical (unpaired) electrons. The smallest absolute Gasteiger partial charge is 0.437 e. The Bertz CT molecular complexity index is 1350. The van der Waals surface area contributed by atoms with Crippen molar-refractivity contribution in [1.82, 2.24) is 0 Å². The first-order valence-electron chi connectivity index (χ1n) is 12.6. The van der Waals surface area contributed by atoms with E-state index < -0.39 is 66.6 Å². The van der Waals surface area contributed by atoms with Crippen LogP contribution < -0.4 is 9.47 Å². The van der Waals surface area contributed by atoms with E-state index in [9.17, 15) is 43.2 Å². The predicted molar refractivity (Wildman–Crippen MR) is 144 cm³/mol. The summed E-state index contributed by atoms with van der Waals surface area (Å²) in [7, 11) is -8.52. The Morgan fingerprint density at radius 3 is 1.23 bits per heavy atom. The minimum Gasteiger partial charge on any atom is -0.493 e. The molecule has 0 aromatic heterocycles. The molecule has 18 heteroatoms. The highest BCUT2D eigenvalue weighted by Crippen LogP contribution is 2.26. The van der Waals surface area contributed by atoms with Crippen LogP contribution in [0.1, 0.15) is 44.2 Å². The maximum absolute atomic E-state index is 13.4. The second-order valence-corrected chi connectivity index (χ2v) is 12.0. The van der Waals surface area contributed by atoms with Gasteiger partial charge in [-0.3, -0.25) is 8.57 Å². The van der Waals surface area contributed by atoms with Gasteiger partial charge in [-0.25, -0.2) is 0 Å². The van der Waals surface area contributed by atoms with Crippen molar-refractivity contribution >= 4 is 31.7 Å². The number of oxime groups is 2. The molecule has 0 unspecified atom stereocenters. The SMILES string of the molecule is CCCS(=O)(=O)O/N=C(\c1ccc(OCCCOc2ccc(/C(=N\OS(=O)(=O)CCC)C(F)(F)F)cc2)cc1)C(F)(F)F. The lowest BCUT2D eigenvalue weighted by Gasteiger charge is -2.12. The van der Waals surface area contributed by atoms with Gasteiger partial charge in [0, 0.05) is 17.5 Å². The molecule has 43 heavy (non-hydrogen) atoms. The number of rotatable bonds is 16. The Balaban J connectivity index is 1.93. The van der Waals surface area contributed by atoms with Crippen LogP contribution in [0.3, 0.4) is 0 Å². The molecule has 2 rings (SSSR count). The summed E-state index contributed by atoms with van der Waals surface area (Å²) >= 11 is 0. The normalized spacial score (nSPS) is 13.5. The van der Waals surface area contributed by atoms with Crippen LogP contribution >= 0.6 is 0 Å². The number of ether oxygens (including phenoxy) is 2. The van der Waals surface area contributed by atoms with E-state index in [1.54, 1.807) is 0 Å². The summed E-state index contributed by atoms with van der Waals surface area (Å²) in [6.07, 6.45) is -9.45. The van der Waals surface area contributed by atoms with Gasteiger partial charge in [-0.1, -0.05) is 24.2 Å². The van der Waals surface area contributed by atoms with Crippen LogP contribution in [0.2, 0.25) is 0 Å². The van der Waals surface area contributed by atoms with E-state index in [0.29, 0.717) is 0 Å². The average molecular weight is 663 g/mol. The van der Waals surface area contributed by atoms with Crippen LogP contribution in [0, 0.1) is 0 Å². The molecule has 0 aliphatic carbocycles. The first-order valence-corrected chi connectivity index (χ1v) is 15.7. The first kappa shape index (κ1) is 35.7. The molecule has 0 saturated carbocycles. The molecule has 0 heterocycles. The zero-order valence-electron chi connectivity index (χ0n) is 22.8. The molecule has 0 N–H and O–H groups in total. The molecule has 0 bridgehead atoms. The molecule has 0 aliphatic heterocycles. The lowest BCUT2D eigenvalue weighted by molar-refractivity contribution is -0.0606. The van der Waals surface area contributed by atoms with E-state index >= 15 is 0 Å². The molecule has 0 spiro atoms. The van der Waals surface area contributed by atoms with Gasteiger partial charge in [-0.05, 0) is 61.4 Å². The largest absolute Gasteiger partial charge is 0.493 e. The molecular formula is C25H28F6N2O8S2. The Hall–Kier alpha value is -3.54. The number of halogens is 6. The maximum Gasteiger partial charge on any atom is 0.437 e. The average Bonchev–Trinajstić information content (AvgIpc) is 2.88. The lowest BCUT2D eigenvalue weighted by Crippen LogP contribution is -2.25. The van der Waals surface area contributed by atoms with Crippen molar-refractivity contribution in [3.05, 3.63) is 59.7 Å². The zero-order valence-corrected chi connectivity index (χ0v) is 24.4. The number of hydrogen-bond acceptors (Lipinski definition) is 10. The van der Waals surface area contributed by atoms with Crippen molar-refractivity contribution < 1.29 is 61.2 Å². The summed E-state index contributed by atoms with van der Waals surface area (Å²) < 4.78 is 146. The van der Waals surface area contributed by atoms with E-state index in [0.717, 1.165) is 24.3 Å². The van der Waals surface area contributed by atoms with Crippen LogP contribution in [0.4, 0.5) is 26.3 Å². The van der Waals surface area contributed by atoms with Crippen molar-refractivity contribution in [3.63, 3.8) is 0 Å². The summed E-state index contributed by atoms with van der Waals surface area (Å²) in [6, 6.07) is 8.97. The van der Waals surface area contributed by atoms with Crippen LogP contribution in [0.5, 0.6) is 11.5 Å². The summed E-state index contributed by atoms with van der Waals surface area (Å²) in [5, 5.41) is 5.61. The summed E-state index contributed by atoms with van der Waals surface area (Å²) in [6.45, 7) is 3.14. The molecule has 0 saturated heterocycles. The van der Waals surface area contributed by atoms with Crippen LogP contribution in [0.25, 0.3) is 0 Å². The van der Waals surface area contributed by atoms with Crippen LogP contribution in [0.15, 0.2) is 58.8 Å². The third-order valence-electron chi connectivity index (χ3n) is 5.01. The zero-order chi connectivity index (χ0) is 32.3. The Kier molecular flexibility index (Phi) is 12.7. The second kappa shape index (κ2) is 15.3. The minimum atomic E-state index is -5.00. The fourth-order valence-corrected chi connectivity index (χ4v) is 4.68. The quantitative estimate of drug-likeness (QED) is 0.0986. The van der Waals surface area contributed by atoms with Gasteiger partial charge in [0.2, 0.25) is 0 Å². The van der Waals surface area contributed by atoms with Crippen molar-refractivity contribution in [2.75, 3.05) is 24.7 Å². The third kappa shape index (κ3) is 12.3. The molecule has 0 atom stereocenters.